The molecule has 1 fully saturated rings. The van der Waals surface area contributed by atoms with Crippen molar-refractivity contribution < 1.29 is 20.1 Å². The zero-order chi connectivity index (χ0) is 19.0. The predicted octanol–water partition coefficient (Wildman–Crippen LogP) is -0.0989. The van der Waals surface area contributed by atoms with E-state index in [1.54, 1.807) is 5.01 Å². The number of aromatic nitrogens is 4. The first-order valence-electron chi connectivity index (χ1n) is 8.45. The number of benzene rings is 1. The number of ether oxygens (including phenoxy) is 1. The van der Waals surface area contributed by atoms with E-state index in [9.17, 15) is 15.3 Å². The highest BCUT2D eigenvalue weighted by Gasteiger charge is 2.44. The number of aliphatic hydroxyl groups excluding tert-OH is 3. The number of anilines is 2. The van der Waals surface area contributed by atoms with Crippen molar-refractivity contribution in [2.24, 2.45) is 0 Å². The average Bonchev–Trinajstić information content (AvgIpc) is 3.25. The predicted molar refractivity (Wildman–Crippen MR) is 96.8 cm³/mol. The smallest absolute Gasteiger partial charge is 0.176 e. The molecule has 0 aliphatic carbocycles. The van der Waals surface area contributed by atoms with Gasteiger partial charge < -0.3 is 20.1 Å². The molecule has 4 atom stereocenters. The topological polar surface area (TPSA) is 129 Å². The Labute approximate surface area is 154 Å². The molecule has 0 saturated carbocycles. The van der Waals surface area contributed by atoms with E-state index in [-0.39, 0.29) is 0 Å². The van der Waals surface area contributed by atoms with Gasteiger partial charge in [-0.05, 0) is 12.1 Å². The summed E-state index contributed by atoms with van der Waals surface area (Å²) in [6, 6.07) is 9.69. The number of fused-ring (bicyclic) bond motifs is 1. The molecular formula is C17H20N6O4. The molecule has 1 unspecified atom stereocenters. The molecule has 1 aliphatic rings. The lowest BCUT2D eigenvalue weighted by Gasteiger charge is -2.21. The number of imidazole rings is 1. The summed E-state index contributed by atoms with van der Waals surface area (Å²) in [4.78, 5) is 12.8. The van der Waals surface area contributed by atoms with Crippen molar-refractivity contribution in [1.29, 1.82) is 0 Å². The highest BCUT2D eigenvalue weighted by Crippen LogP contribution is 2.32. The van der Waals surface area contributed by atoms with E-state index in [4.69, 9.17) is 4.74 Å². The third kappa shape index (κ3) is 3.08. The molecule has 1 aliphatic heterocycles. The van der Waals surface area contributed by atoms with E-state index in [1.807, 2.05) is 37.4 Å². The molecule has 10 nitrogen and oxygen atoms in total. The Hall–Kier alpha value is -2.79. The highest BCUT2D eigenvalue weighted by molar-refractivity contribution is 5.83. The van der Waals surface area contributed by atoms with Gasteiger partial charge in [0.05, 0.1) is 18.6 Å². The van der Waals surface area contributed by atoms with Gasteiger partial charge in [-0.2, -0.15) is 0 Å². The van der Waals surface area contributed by atoms with E-state index in [0.717, 1.165) is 5.69 Å². The molecule has 1 aromatic carbocycles. The van der Waals surface area contributed by atoms with Crippen molar-refractivity contribution in [3.8, 4) is 0 Å². The van der Waals surface area contributed by atoms with Crippen molar-refractivity contribution in [3.05, 3.63) is 43.0 Å². The van der Waals surface area contributed by atoms with E-state index in [0.29, 0.717) is 17.0 Å². The van der Waals surface area contributed by atoms with Crippen molar-refractivity contribution in [1.82, 2.24) is 19.5 Å². The number of rotatable bonds is 5. The summed E-state index contributed by atoms with van der Waals surface area (Å²) < 4.78 is 7.08. The van der Waals surface area contributed by atoms with Crippen LogP contribution in [0.1, 0.15) is 6.23 Å². The molecule has 3 heterocycles. The molecule has 4 N–H and O–H groups in total. The van der Waals surface area contributed by atoms with E-state index in [1.165, 1.54) is 17.2 Å². The highest BCUT2D eigenvalue weighted by atomic mass is 16.6. The summed E-state index contributed by atoms with van der Waals surface area (Å²) in [5, 5.41) is 31.3. The third-order valence-electron chi connectivity index (χ3n) is 4.57. The SMILES string of the molecule is CN(Nc1ncnc2c1ncn2C1O[C@H](CO)[C@@H](O)[C@H]1O)c1ccccc1. The van der Waals surface area contributed by atoms with Crippen molar-refractivity contribution in [2.45, 2.75) is 24.5 Å². The molecular weight excluding hydrogens is 352 g/mol. The lowest BCUT2D eigenvalue weighted by Crippen LogP contribution is -2.33. The minimum atomic E-state index is -1.21. The number of hydrazine groups is 1. The van der Waals surface area contributed by atoms with Crippen LogP contribution in [0.25, 0.3) is 11.2 Å². The van der Waals surface area contributed by atoms with Crippen LogP contribution in [0.5, 0.6) is 0 Å². The fraction of sp³-hybridized carbons (Fsp3) is 0.353. The third-order valence-corrected chi connectivity index (χ3v) is 4.57. The molecule has 1 saturated heterocycles. The second-order valence-corrected chi connectivity index (χ2v) is 6.28. The summed E-state index contributed by atoms with van der Waals surface area (Å²) in [6.07, 6.45) is -1.34. The lowest BCUT2D eigenvalue weighted by atomic mass is 10.1. The zero-order valence-electron chi connectivity index (χ0n) is 14.5. The summed E-state index contributed by atoms with van der Waals surface area (Å²) in [5.41, 5.74) is 5.01. The molecule has 142 valence electrons. The summed E-state index contributed by atoms with van der Waals surface area (Å²) >= 11 is 0. The van der Waals surface area contributed by atoms with Gasteiger partial charge in [0, 0.05) is 7.05 Å². The number of hydrogen-bond donors (Lipinski definition) is 4. The second kappa shape index (κ2) is 7.08. The normalized spacial score (nSPS) is 25.0. The molecule has 27 heavy (non-hydrogen) atoms. The van der Waals surface area contributed by atoms with Crippen LogP contribution < -0.4 is 10.4 Å². The van der Waals surface area contributed by atoms with Gasteiger partial charge in [0.15, 0.2) is 23.2 Å². The molecule has 0 bridgehead atoms. The van der Waals surface area contributed by atoms with Crippen LogP contribution in [0, 0.1) is 0 Å². The fourth-order valence-corrected chi connectivity index (χ4v) is 3.10. The summed E-state index contributed by atoms with van der Waals surface area (Å²) in [5.74, 6) is 0.483. The largest absolute Gasteiger partial charge is 0.394 e. The van der Waals surface area contributed by atoms with Gasteiger partial charge in [0.25, 0.3) is 0 Å². The average molecular weight is 372 g/mol. The van der Waals surface area contributed by atoms with Crippen molar-refractivity contribution in [2.75, 3.05) is 24.1 Å². The number of nitrogens with zero attached hydrogens (tertiary/aromatic N) is 5. The first-order valence-corrected chi connectivity index (χ1v) is 8.45. The van der Waals surface area contributed by atoms with Gasteiger partial charge >= 0.3 is 0 Å². The fourth-order valence-electron chi connectivity index (χ4n) is 3.10. The standard InChI is InChI=1S/C17H20N6O4/c1-22(10-5-3-2-4-6-10)21-15-12-16(19-8-18-15)23(9-20-12)17-14(26)13(25)11(7-24)27-17/h2-6,8-9,11,13-14,17,24-26H,7H2,1H3,(H,18,19,21)/t11-,13-,14-,17?/m1/s1. The minimum Gasteiger partial charge on any atom is -0.394 e. The minimum absolute atomic E-state index is 0.398. The van der Waals surface area contributed by atoms with Gasteiger partial charge in [-0.25, -0.2) is 15.0 Å². The summed E-state index contributed by atoms with van der Waals surface area (Å²) in [7, 11) is 1.85. The Morgan fingerprint density at radius 1 is 1.15 bits per heavy atom. The second-order valence-electron chi connectivity index (χ2n) is 6.28. The molecule has 0 radical (unpaired) electrons. The first-order chi connectivity index (χ1) is 13.1. The molecule has 10 heteroatoms. The van der Waals surface area contributed by atoms with E-state index >= 15 is 0 Å². The molecule has 0 amide bonds. The Morgan fingerprint density at radius 3 is 2.63 bits per heavy atom. The summed E-state index contributed by atoms with van der Waals surface area (Å²) in [6.45, 7) is -0.398. The van der Waals surface area contributed by atoms with Gasteiger partial charge in [0.2, 0.25) is 0 Å². The van der Waals surface area contributed by atoms with Crippen LogP contribution >= 0.6 is 0 Å². The van der Waals surface area contributed by atoms with Crippen molar-refractivity contribution in [3.63, 3.8) is 0 Å². The Bertz CT molecular complexity index is 920. The van der Waals surface area contributed by atoms with Crippen molar-refractivity contribution >= 4 is 22.7 Å². The van der Waals surface area contributed by atoms with Crippen LogP contribution in [0.15, 0.2) is 43.0 Å². The van der Waals surface area contributed by atoms with Crippen LogP contribution in [0.2, 0.25) is 0 Å². The number of para-hydroxylation sites is 1. The molecule has 3 aromatic rings. The lowest BCUT2D eigenvalue weighted by molar-refractivity contribution is -0.0511. The van der Waals surface area contributed by atoms with Gasteiger partial charge in [-0.3, -0.25) is 15.0 Å². The Balaban J connectivity index is 1.64. The maximum Gasteiger partial charge on any atom is 0.176 e. The molecule has 4 rings (SSSR count). The zero-order valence-corrected chi connectivity index (χ0v) is 14.5. The van der Waals surface area contributed by atoms with Crippen LogP contribution in [-0.4, -0.2) is 66.8 Å². The number of hydrogen-bond acceptors (Lipinski definition) is 9. The van der Waals surface area contributed by atoms with E-state index in [2.05, 4.69) is 20.4 Å². The first kappa shape index (κ1) is 17.6. The van der Waals surface area contributed by atoms with Crippen LogP contribution in [-0.2, 0) is 4.74 Å². The number of aliphatic hydroxyl groups is 3. The maximum atomic E-state index is 10.3. The van der Waals surface area contributed by atoms with Crippen LogP contribution in [0.3, 0.4) is 0 Å². The monoisotopic (exact) mass is 372 g/mol. The van der Waals surface area contributed by atoms with Crippen LogP contribution in [0.4, 0.5) is 11.5 Å². The molecule has 2 aromatic heterocycles. The van der Waals surface area contributed by atoms with Gasteiger partial charge in [0.1, 0.15) is 24.6 Å². The van der Waals surface area contributed by atoms with Gasteiger partial charge in [-0.15, -0.1) is 0 Å². The molecule has 0 spiro atoms. The maximum absolute atomic E-state index is 10.3. The van der Waals surface area contributed by atoms with E-state index < -0.39 is 31.1 Å². The Kier molecular flexibility index (Phi) is 4.62. The van der Waals surface area contributed by atoms with Gasteiger partial charge in [-0.1, -0.05) is 18.2 Å². The Morgan fingerprint density at radius 2 is 1.93 bits per heavy atom. The quantitative estimate of drug-likeness (QED) is 0.454. The number of nitrogens with one attached hydrogen (secondary N) is 1.